The molecule has 7 nitrogen and oxygen atoms in total. The third kappa shape index (κ3) is 3.57. The number of nitrogen functional groups attached to an aromatic ring is 1. The Morgan fingerprint density at radius 2 is 1.76 bits per heavy atom. The van der Waals surface area contributed by atoms with Gasteiger partial charge in [-0.15, -0.1) is 0 Å². The second kappa shape index (κ2) is 5.92. The molecule has 0 aliphatic carbocycles. The van der Waals surface area contributed by atoms with Gasteiger partial charge in [0.15, 0.2) is 0 Å². The summed E-state index contributed by atoms with van der Waals surface area (Å²) in [6.45, 7) is 0. The Labute approximate surface area is 122 Å². The molecular formula is C13H14N4O3S. The molecule has 0 fully saturated rings. The SMILES string of the molecule is NNc1ccccc1C(=O)Nc1cccc(S(N)(=O)=O)c1. The van der Waals surface area contributed by atoms with Gasteiger partial charge in [-0.3, -0.25) is 10.6 Å². The lowest BCUT2D eigenvalue weighted by Gasteiger charge is -2.10. The number of carbonyl (C=O) groups excluding carboxylic acids is 1. The first-order valence-electron chi connectivity index (χ1n) is 5.91. The van der Waals surface area contributed by atoms with Gasteiger partial charge >= 0.3 is 0 Å². The number of hydrogen-bond acceptors (Lipinski definition) is 5. The van der Waals surface area contributed by atoms with Crippen LogP contribution in [0.3, 0.4) is 0 Å². The predicted octanol–water partition coefficient (Wildman–Crippen LogP) is 0.872. The molecule has 8 heteroatoms. The van der Waals surface area contributed by atoms with E-state index in [2.05, 4.69) is 10.7 Å². The molecule has 2 aromatic rings. The highest BCUT2D eigenvalue weighted by atomic mass is 32.2. The summed E-state index contributed by atoms with van der Waals surface area (Å²) < 4.78 is 22.6. The molecule has 0 heterocycles. The average Bonchev–Trinajstić information content (AvgIpc) is 2.46. The van der Waals surface area contributed by atoms with E-state index in [1.807, 2.05) is 0 Å². The molecule has 0 bridgehead atoms. The Hall–Kier alpha value is -2.42. The Balaban J connectivity index is 2.28. The van der Waals surface area contributed by atoms with Crippen LogP contribution < -0.4 is 21.7 Å². The normalized spacial score (nSPS) is 11.0. The van der Waals surface area contributed by atoms with Gasteiger partial charge in [0.05, 0.1) is 16.1 Å². The van der Waals surface area contributed by atoms with E-state index in [1.54, 1.807) is 30.3 Å². The summed E-state index contributed by atoms with van der Waals surface area (Å²) in [5, 5.41) is 7.64. The molecule has 110 valence electrons. The molecule has 0 atom stereocenters. The molecule has 1 amide bonds. The second-order valence-corrected chi connectivity index (χ2v) is 5.78. The quantitative estimate of drug-likeness (QED) is 0.492. The number of nitrogens with one attached hydrogen (secondary N) is 2. The first kappa shape index (κ1) is 15.0. The zero-order chi connectivity index (χ0) is 15.5. The van der Waals surface area contributed by atoms with Gasteiger partial charge in [-0.25, -0.2) is 13.6 Å². The maximum Gasteiger partial charge on any atom is 0.257 e. The van der Waals surface area contributed by atoms with E-state index >= 15 is 0 Å². The van der Waals surface area contributed by atoms with Crippen LogP contribution in [0.4, 0.5) is 11.4 Å². The van der Waals surface area contributed by atoms with Crippen molar-refractivity contribution in [3.63, 3.8) is 0 Å². The van der Waals surface area contributed by atoms with E-state index < -0.39 is 15.9 Å². The number of primary sulfonamides is 1. The monoisotopic (exact) mass is 306 g/mol. The number of para-hydroxylation sites is 1. The van der Waals surface area contributed by atoms with Gasteiger partial charge in [0.25, 0.3) is 5.91 Å². The fourth-order valence-electron chi connectivity index (χ4n) is 1.76. The van der Waals surface area contributed by atoms with Gasteiger partial charge in [0.1, 0.15) is 0 Å². The number of hydrazine groups is 1. The Morgan fingerprint density at radius 3 is 2.43 bits per heavy atom. The van der Waals surface area contributed by atoms with Crippen LogP contribution >= 0.6 is 0 Å². The first-order chi connectivity index (χ1) is 9.91. The molecule has 0 radical (unpaired) electrons. The van der Waals surface area contributed by atoms with E-state index in [-0.39, 0.29) is 4.90 Å². The van der Waals surface area contributed by atoms with Crippen molar-refractivity contribution in [3.05, 3.63) is 54.1 Å². The summed E-state index contributed by atoms with van der Waals surface area (Å²) in [5.41, 5.74) is 3.53. The van der Waals surface area contributed by atoms with E-state index in [0.29, 0.717) is 16.9 Å². The highest BCUT2D eigenvalue weighted by Gasteiger charge is 2.12. The lowest BCUT2D eigenvalue weighted by Crippen LogP contribution is -2.17. The summed E-state index contributed by atoms with van der Waals surface area (Å²) in [6, 6.07) is 12.3. The van der Waals surface area contributed by atoms with Crippen molar-refractivity contribution in [3.8, 4) is 0 Å². The zero-order valence-corrected chi connectivity index (χ0v) is 11.7. The van der Waals surface area contributed by atoms with Crippen molar-refractivity contribution < 1.29 is 13.2 Å². The number of anilines is 2. The lowest BCUT2D eigenvalue weighted by molar-refractivity contribution is 0.102. The van der Waals surface area contributed by atoms with Crippen LogP contribution in [0.2, 0.25) is 0 Å². The topological polar surface area (TPSA) is 127 Å². The number of nitrogens with two attached hydrogens (primary N) is 2. The molecule has 0 saturated carbocycles. The second-order valence-electron chi connectivity index (χ2n) is 4.22. The summed E-state index contributed by atoms with van der Waals surface area (Å²) in [4.78, 5) is 12.1. The van der Waals surface area contributed by atoms with Gasteiger partial charge in [0.2, 0.25) is 10.0 Å². The van der Waals surface area contributed by atoms with Crippen molar-refractivity contribution in [1.82, 2.24) is 0 Å². The van der Waals surface area contributed by atoms with Crippen LogP contribution in [-0.2, 0) is 10.0 Å². The number of amides is 1. The Morgan fingerprint density at radius 1 is 1.05 bits per heavy atom. The highest BCUT2D eigenvalue weighted by Crippen LogP contribution is 2.18. The summed E-state index contributed by atoms with van der Waals surface area (Å²) in [7, 11) is -3.82. The third-order valence-electron chi connectivity index (χ3n) is 2.75. The van der Waals surface area contributed by atoms with Crippen LogP contribution in [0.5, 0.6) is 0 Å². The van der Waals surface area contributed by atoms with Gasteiger partial charge < -0.3 is 10.7 Å². The molecular weight excluding hydrogens is 292 g/mol. The molecule has 0 saturated heterocycles. The third-order valence-corrected chi connectivity index (χ3v) is 3.66. The average molecular weight is 306 g/mol. The van der Waals surface area contributed by atoms with Crippen LogP contribution in [-0.4, -0.2) is 14.3 Å². The molecule has 0 aliphatic rings. The van der Waals surface area contributed by atoms with Crippen molar-refractivity contribution in [1.29, 1.82) is 0 Å². The standard InChI is InChI=1S/C13H14N4O3S/c14-17-12-7-2-1-6-11(12)13(18)16-9-4-3-5-10(8-9)21(15,19)20/h1-8,17H,14H2,(H,16,18)(H2,15,19,20). The minimum atomic E-state index is -3.82. The molecule has 6 N–H and O–H groups in total. The van der Waals surface area contributed by atoms with Gasteiger partial charge in [-0.05, 0) is 30.3 Å². The Kier molecular flexibility index (Phi) is 4.22. The lowest BCUT2D eigenvalue weighted by atomic mass is 10.1. The molecule has 2 rings (SSSR count). The number of hydrogen-bond donors (Lipinski definition) is 4. The van der Waals surface area contributed by atoms with Crippen LogP contribution in [0.15, 0.2) is 53.4 Å². The van der Waals surface area contributed by atoms with E-state index in [9.17, 15) is 13.2 Å². The summed E-state index contributed by atoms with van der Waals surface area (Å²) >= 11 is 0. The van der Waals surface area contributed by atoms with Gasteiger partial charge in [0, 0.05) is 5.69 Å². The molecule has 0 aromatic heterocycles. The smallest absolute Gasteiger partial charge is 0.257 e. The van der Waals surface area contributed by atoms with Crippen molar-refractivity contribution in [2.75, 3.05) is 10.7 Å². The summed E-state index contributed by atoms with van der Waals surface area (Å²) in [5.74, 6) is 4.92. The van der Waals surface area contributed by atoms with Crippen molar-refractivity contribution >= 4 is 27.3 Å². The largest absolute Gasteiger partial charge is 0.323 e. The van der Waals surface area contributed by atoms with Crippen molar-refractivity contribution in [2.24, 2.45) is 11.0 Å². The van der Waals surface area contributed by atoms with E-state index in [4.69, 9.17) is 11.0 Å². The fourth-order valence-corrected chi connectivity index (χ4v) is 2.32. The highest BCUT2D eigenvalue weighted by molar-refractivity contribution is 7.89. The van der Waals surface area contributed by atoms with Crippen LogP contribution in [0, 0.1) is 0 Å². The number of carbonyl (C=O) groups is 1. The minimum absolute atomic E-state index is 0.0782. The Bertz CT molecular complexity index is 774. The van der Waals surface area contributed by atoms with Crippen LogP contribution in [0.1, 0.15) is 10.4 Å². The molecule has 0 aliphatic heterocycles. The molecule has 0 spiro atoms. The maximum absolute atomic E-state index is 12.2. The minimum Gasteiger partial charge on any atom is -0.323 e. The van der Waals surface area contributed by atoms with E-state index in [0.717, 1.165) is 0 Å². The van der Waals surface area contributed by atoms with Gasteiger partial charge in [-0.1, -0.05) is 18.2 Å². The predicted molar refractivity (Wildman–Crippen MR) is 80.0 cm³/mol. The number of benzene rings is 2. The molecule has 2 aromatic carbocycles. The van der Waals surface area contributed by atoms with Crippen molar-refractivity contribution in [2.45, 2.75) is 4.90 Å². The zero-order valence-electron chi connectivity index (χ0n) is 10.9. The molecule has 21 heavy (non-hydrogen) atoms. The maximum atomic E-state index is 12.2. The van der Waals surface area contributed by atoms with E-state index in [1.165, 1.54) is 18.2 Å². The summed E-state index contributed by atoms with van der Waals surface area (Å²) in [6.07, 6.45) is 0. The fraction of sp³-hybridized carbons (Fsp3) is 0. The van der Waals surface area contributed by atoms with Crippen LogP contribution in [0.25, 0.3) is 0 Å². The number of rotatable bonds is 4. The van der Waals surface area contributed by atoms with Gasteiger partial charge in [-0.2, -0.15) is 0 Å². The first-order valence-corrected chi connectivity index (χ1v) is 7.46. The molecule has 0 unspecified atom stereocenters. The number of sulfonamides is 1.